The lowest BCUT2D eigenvalue weighted by atomic mass is 9.82. The van der Waals surface area contributed by atoms with Crippen LogP contribution >= 0.6 is 11.6 Å². The van der Waals surface area contributed by atoms with E-state index in [-0.39, 0.29) is 24.2 Å². The number of nitrogens with zero attached hydrogens (tertiary/aromatic N) is 3. The van der Waals surface area contributed by atoms with E-state index in [2.05, 4.69) is 0 Å². The molecule has 1 atom stereocenters. The summed E-state index contributed by atoms with van der Waals surface area (Å²) in [6, 6.07) is 9.83. The van der Waals surface area contributed by atoms with Crippen molar-refractivity contribution in [2.75, 3.05) is 43.5 Å². The van der Waals surface area contributed by atoms with Crippen LogP contribution in [0.25, 0.3) is 0 Å². The molecule has 0 aliphatic carbocycles. The second-order valence-electron chi connectivity index (χ2n) is 9.39. The van der Waals surface area contributed by atoms with Crippen molar-refractivity contribution in [3.05, 3.63) is 52.8 Å². The summed E-state index contributed by atoms with van der Waals surface area (Å²) in [4.78, 5) is 30.9. The number of halogens is 2. The third-order valence-electron chi connectivity index (χ3n) is 6.61. The first kappa shape index (κ1) is 24.3. The first-order valence-corrected chi connectivity index (χ1v) is 11.7. The van der Waals surface area contributed by atoms with Crippen molar-refractivity contribution in [3.8, 4) is 5.75 Å². The van der Waals surface area contributed by atoms with Crippen molar-refractivity contribution < 1.29 is 18.7 Å². The fraction of sp³-hybridized carbons (Fsp3) is 0.440. The molecule has 2 aliphatic rings. The van der Waals surface area contributed by atoms with Gasteiger partial charge in [0.2, 0.25) is 5.91 Å². The Labute approximate surface area is 204 Å². The average Bonchev–Trinajstić information content (AvgIpc) is 2.79. The van der Waals surface area contributed by atoms with Gasteiger partial charge in [-0.05, 0) is 43.0 Å². The van der Waals surface area contributed by atoms with Gasteiger partial charge in [-0.25, -0.2) is 4.39 Å². The van der Waals surface area contributed by atoms with Crippen LogP contribution in [0.5, 0.6) is 5.75 Å². The number of nitrogens with two attached hydrogens (primary N) is 1. The minimum Gasteiger partial charge on any atom is -0.476 e. The van der Waals surface area contributed by atoms with E-state index in [1.807, 2.05) is 19.0 Å². The number of hydrogen-bond donors (Lipinski definition) is 1. The summed E-state index contributed by atoms with van der Waals surface area (Å²) in [5.41, 5.74) is 8.44. The van der Waals surface area contributed by atoms with E-state index in [0.717, 1.165) is 11.3 Å². The molecule has 4 rings (SSSR count). The number of rotatable bonds is 4. The standard InChI is InChI=1S/C25H30ClFN4O3/c1-16(32)31-15-23(34-22-13-20(29(2)3)19(26)12-21(22)31)24(33)30-10-8-25(28,9-11-30)14-17-4-6-18(27)7-5-17/h4-7,12-13,23H,8-11,14-15,28H2,1-3H3. The molecule has 0 spiro atoms. The molecule has 34 heavy (non-hydrogen) atoms. The van der Waals surface area contributed by atoms with Crippen LogP contribution in [-0.4, -0.2) is 62.1 Å². The normalized spacial score (nSPS) is 19.3. The molecule has 182 valence electrons. The van der Waals surface area contributed by atoms with Crippen molar-refractivity contribution in [2.45, 2.75) is 37.8 Å². The summed E-state index contributed by atoms with van der Waals surface area (Å²) in [6.07, 6.45) is 1.05. The van der Waals surface area contributed by atoms with Crippen LogP contribution in [0.3, 0.4) is 0 Å². The number of amides is 2. The highest BCUT2D eigenvalue weighted by Gasteiger charge is 2.39. The number of ether oxygens (including phenoxy) is 1. The molecule has 1 unspecified atom stereocenters. The molecule has 1 fully saturated rings. The molecule has 0 bridgehead atoms. The Morgan fingerprint density at radius 2 is 1.85 bits per heavy atom. The molecule has 9 heteroatoms. The van der Waals surface area contributed by atoms with Crippen molar-refractivity contribution in [1.29, 1.82) is 0 Å². The second kappa shape index (κ2) is 9.43. The van der Waals surface area contributed by atoms with E-state index in [4.69, 9.17) is 22.1 Å². The van der Waals surface area contributed by atoms with E-state index < -0.39 is 11.6 Å². The van der Waals surface area contributed by atoms with Crippen LogP contribution in [0.1, 0.15) is 25.3 Å². The number of carbonyl (C=O) groups is 2. The highest BCUT2D eigenvalue weighted by atomic mass is 35.5. The molecule has 2 N–H and O–H groups in total. The number of fused-ring (bicyclic) bond motifs is 1. The number of hydrogen-bond acceptors (Lipinski definition) is 5. The molecule has 0 saturated carbocycles. The monoisotopic (exact) mass is 488 g/mol. The molecular formula is C25H30ClFN4O3. The van der Waals surface area contributed by atoms with Gasteiger partial charge in [0.1, 0.15) is 11.6 Å². The SMILES string of the molecule is CC(=O)N1CC(C(=O)N2CCC(N)(Cc3ccc(F)cc3)CC2)Oc2cc(N(C)C)c(Cl)cc21. The Morgan fingerprint density at radius 3 is 2.44 bits per heavy atom. The molecule has 2 heterocycles. The van der Waals surface area contributed by atoms with Crippen LogP contribution in [0.4, 0.5) is 15.8 Å². The van der Waals surface area contributed by atoms with Crippen LogP contribution < -0.4 is 20.3 Å². The maximum atomic E-state index is 13.4. The first-order chi connectivity index (χ1) is 16.1. The fourth-order valence-corrected chi connectivity index (χ4v) is 4.95. The van der Waals surface area contributed by atoms with E-state index in [1.165, 1.54) is 19.1 Å². The fourth-order valence-electron chi connectivity index (χ4n) is 4.62. The third-order valence-corrected chi connectivity index (χ3v) is 6.92. The maximum Gasteiger partial charge on any atom is 0.265 e. The Kier molecular flexibility index (Phi) is 6.73. The smallest absolute Gasteiger partial charge is 0.265 e. The van der Waals surface area contributed by atoms with Crippen molar-refractivity contribution >= 4 is 34.8 Å². The largest absolute Gasteiger partial charge is 0.476 e. The van der Waals surface area contributed by atoms with Gasteiger partial charge in [0, 0.05) is 45.7 Å². The zero-order valence-corrected chi connectivity index (χ0v) is 20.4. The van der Waals surface area contributed by atoms with E-state index in [0.29, 0.717) is 48.8 Å². The zero-order valence-electron chi connectivity index (χ0n) is 19.7. The van der Waals surface area contributed by atoms with Gasteiger partial charge >= 0.3 is 0 Å². The van der Waals surface area contributed by atoms with Gasteiger partial charge in [-0.2, -0.15) is 0 Å². The second-order valence-corrected chi connectivity index (χ2v) is 9.80. The van der Waals surface area contributed by atoms with Gasteiger partial charge in [0.05, 0.1) is 22.9 Å². The van der Waals surface area contributed by atoms with E-state index in [9.17, 15) is 14.0 Å². The lowest BCUT2D eigenvalue weighted by Crippen LogP contribution is -2.57. The maximum absolute atomic E-state index is 13.4. The van der Waals surface area contributed by atoms with Gasteiger partial charge < -0.3 is 25.2 Å². The summed E-state index contributed by atoms with van der Waals surface area (Å²) in [6.45, 7) is 2.57. The number of benzene rings is 2. The van der Waals surface area contributed by atoms with Gasteiger partial charge in [-0.15, -0.1) is 0 Å². The van der Waals surface area contributed by atoms with Crippen molar-refractivity contribution in [3.63, 3.8) is 0 Å². The Bertz CT molecular complexity index is 1080. The van der Waals surface area contributed by atoms with Crippen LogP contribution in [-0.2, 0) is 16.0 Å². The summed E-state index contributed by atoms with van der Waals surface area (Å²) in [5.74, 6) is -0.171. The highest BCUT2D eigenvalue weighted by Crippen LogP contribution is 2.41. The zero-order chi connectivity index (χ0) is 24.6. The Morgan fingerprint density at radius 1 is 1.21 bits per heavy atom. The summed E-state index contributed by atoms with van der Waals surface area (Å²) < 4.78 is 19.3. The van der Waals surface area contributed by atoms with Crippen molar-refractivity contribution in [1.82, 2.24) is 4.90 Å². The third kappa shape index (κ3) is 4.98. The van der Waals surface area contributed by atoms with E-state index in [1.54, 1.807) is 34.1 Å². The molecule has 0 aromatic heterocycles. The molecule has 1 saturated heterocycles. The Balaban J connectivity index is 1.47. The molecular weight excluding hydrogens is 459 g/mol. The topological polar surface area (TPSA) is 79.1 Å². The summed E-state index contributed by atoms with van der Waals surface area (Å²) in [5, 5.41) is 0.500. The van der Waals surface area contributed by atoms with Gasteiger partial charge in [-0.3, -0.25) is 9.59 Å². The molecule has 2 aromatic carbocycles. The van der Waals surface area contributed by atoms with E-state index >= 15 is 0 Å². The number of anilines is 2. The van der Waals surface area contributed by atoms with Gasteiger partial charge in [0.25, 0.3) is 5.91 Å². The molecule has 0 radical (unpaired) electrons. The van der Waals surface area contributed by atoms with Gasteiger partial charge in [-0.1, -0.05) is 23.7 Å². The minimum absolute atomic E-state index is 0.124. The van der Waals surface area contributed by atoms with Crippen molar-refractivity contribution in [2.24, 2.45) is 5.73 Å². The van der Waals surface area contributed by atoms with Gasteiger partial charge in [0.15, 0.2) is 6.10 Å². The lowest BCUT2D eigenvalue weighted by Gasteiger charge is -2.42. The number of carbonyl (C=O) groups excluding carboxylic acids is 2. The predicted molar refractivity (Wildman–Crippen MR) is 131 cm³/mol. The van der Waals surface area contributed by atoms with Crippen LogP contribution in [0, 0.1) is 5.82 Å². The molecule has 7 nitrogen and oxygen atoms in total. The number of piperidine rings is 1. The number of likely N-dealkylation sites (tertiary alicyclic amines) is 1. The quantitative estimate of drug-likeness (QED) is 0.715. The lowest BCUT2D eigenvalue weighted by molar-refractivity contribution is -0.140. The Hall–Kier alpha value is -2.84. The summed E-state index contributed by atoms with van der Waals surface area (Å²) >= 11 is 6.40. The molecule has 2 aromatic rings. The highest BCUT2D eigenvalue weighted by molar-refractivity contribution is 6.33. The molecule has 2 amide bonds. The minimum atomic E-state index is -0.810. The predicted octanol–water partition coefficient (Wildman–Crippen LogP) is 3.22. The van der Waals surface area contributed by atoms with Crippen LogP contribution in [0.15, 0.2) is 36.4 Å². The van der Waals surface area contributed by atoms with Crippen LogP contribution in [0.2, 0.25) is 5.02 Å². The first-order valence-electron chi connectivity index (χ1n) is 11.3. The molecule has 2 aliphatic heterocycles. The average molecular weight is 489 g/mol. The summed E-state index contributed by atoms with van der Waals surface area (Å²) in [7, 11) is 3.72.